The molecule has 3 aliphatic heterocycles. The number of nitrogens with one attached hydrogen (secondary N) is 1. The van der Waals surface area contributed by atoms with Crippen molar-refractivity contribution in [2.24, 2.45) is 0 Å². The van der Waals surface area contributed by atoms with Gasteiger partial charge in [0.25, 0.3) is 5.91 Å². The molecule has 1 saturated heterocycles. The van der Waals surface area contributed by atoms with Gasteiger partial charge in [-0.05, 0) is 75.0 Å². The highest BCUT2D eigenvalue weighted by Gasteiger charge is 2.35. The first-order chi connectivity index (χ1) is 16.6. The maximum atomic E-state index is 12.9. The summed E-state index contributed by atoms with van der Waals surface area (Å²) in [6.45, 7) is 3.02. The number of carbonyl (C=O) groups excluding carboxylic acids is 1. The fraction of sp³-hybridized carbons (Fsp3) is 0.276. The molecule has 5 nitrogen and oxygen atoms in total. The van der Waals surface area contributed by atoms with Gasteiger partial charge in [0.2, 0.25) is 0 Å². The van der Waals surface area contributed by atoms with Crippen molar-refractivity contribution in [3.8, 4) is 0 Å². The largest absolute Gasteiger partial charge is 0.382 e. The third-order valence-electron chi connectivity index (χ3n) is 7.36. The standard InChI is InChI=1S/C29H30N4O/c1-31-15-13-22(14-16-31)30-23-9-5-7-20(17-23)19-33-25-11-4-3-8-21(25)18-27-28-24(29(34)32(27)2)10-6-12-26(28)33/h3-12,17-18,22,30H,13-16,19H2,1-2H3. The van der Waals surface area contributed by atoms with Crippen LogP contribution in [0, 0.1) is 0 Å². The Labute approximate surface area is 201 Å². The van der Waals surface area contributed by atoms with Crippen LogP contribution in [-0.2, 0) is 6.54 Å². The Hall–Kier alpha value is -3.57. The molecule has 3 heterocycles. The van der Waals surface area contributed by atoms with E-state index >= 15 is 0 Å². The fourth-order valence-corrected chi connectivity index (χ4v) is 5.47. The highest BCUT2D eigenvalue weighted by atomic mass is 16.2. The summed E-state index contributed by atoms with van der Waals surface area (Å²) in [5, 5.41) is 3.76. The normalized spacial score (nSPS) is 17.8. The summed E-state index contributed by atoms with van der Waals surface area (Å²) >= 11 is 0. The summed E-state index contributed by atoms with van der Waals surface area (Å²) in [7, 11) is 4.07. The molecule has 3 aromatic carbocycles. The van der Waals surface area contributed by atoms with Gasteiger partial charge in [-0.3, -0.25) is 4.79 Å². The molecule has 0 saturated carbocycles. The van der Waals surface area contributed by atoms with E-state index in [0.29, 0.717) is 6.04 Å². The van der Waals surface area contributed by atoms with E-state index in [1.54, 1.807) is 4.90 Å². The van der Waals surface area contributed by atoms with Gasteiger partial charge in [-0.15, -0.1) is 0 Å². The summed E-state index contributed by atoms with van der Waals surface area (Å²) in [4.78, 5) is 19.5. The minimum Gasteiger partial charge on any atom is -0.382 e. The number of hydrogen-bond donors (Lipinski definition) is 1. The van der Waals surface area contributed by atoms with E-state index in [2.05, 4.69) is 82.8 Å². The van der Waals surface area contributed by atoms with Crippen LogP contribution in [0.1, 0.15) is 39.9 Å². The Morgan fingerprint density at radius 1 is 0.912 bits per heavy atom. The molecule has 5 heteroatoms. The second-order valence-corrected chi connectivity index (χ2v) is 9.66. The van der Waals surface area contributed by atoms with Crippen LogP contribution < -0.4 is 10.2 Å². The monoisotopic (exact) mass is 450 g/mol. The third-order valence-corrected chi connectivity index (χ3v) is 7.36. The summed E-state index contributed by atoms with van der Waals surface area (Å²) in [6, 6.07) is 23.9. The number of hydrogen-bond acceptors (Lipinski definition) is 4. The molecule has 34 heavy (non-hydrogen) atoms. The smallest absolute Gasteiger partial charge is 0.258 e. The van der Waals surface area contributed by atoms with Gasteiger partial charge in [0.15, 0.2) is 0 Å². The number of carbonyl (C=O) groups is 1. The van der Waals surface area contributed by atoms with E-state index in [-0.39, 0.29) is 5.91 Å². The lowest BCUT2D eigenvalue weighted by Gasteiger charge is -2.30. The molecule has 172 valence electrons. The predicted octanol–water partition coefficient (Wildman–Crippen LogP) is 5.43. The maximum absolute atomic E-state index is 12.9. The van der Waals surface area contributed by atoms with E-state index in [9.17, 15) is 4.79 Å². The third kappa shape index (κ3) is 3.57. The average molecular weight is 451 g/mol. The molecule has 0 bridgehead atoms. The van der Waals surface area contributed by atoms with E-state index in [4.69, 9.17) is 0 Å². The minimum atomic E-state index is 0.0618. The Morgan fingerprint density at radius 2 is 1.68 bits per heavy atom. The van der Waals surface area contributed by atoms with Gasteiger partial charge < -0.3 is 20.0 Å². The highest BCUT2D eigenvalue weighted by molar-refractivity contribution is 6.15. The fourth-order valence-electron chi connectivity index (χ4n) is 5.47. The van der Waals surface area contributed by atoms with E-state index in [1.807, 2.05) is 19.2 Å². The number of anilines is 3. The Bertz CT molecular complexity index is 1290. The number of nitrogens with zero attached hydrogens (tertiary/aromatic N) is 3. The molecule has 1 fully saturated rings. The van der Waals surface area contributed by atoms with Gasteiger partial charge in [0.05, 0.1) is 16.9 Å². The zero-order valence-corrected chi connectivity index (χ0v) is 19.8. The zero-order chi connectivity index (χ0) is 23.2. The number of benzene rings is 3. The molecule has 0 atom stereocenters. The summed E-state index contributed by atoms with van der Waals surface area (Å²) in [5.74, 6) is 0.0618. The molecule has 1 N–H and O–H groups in total. The van der Waals surface area contributed by atoms with Crippen molar-refractivity contribution in [1.82, 2.24) is 9.80 Å². The number of amides is 1. The molecular weight excluding hydrogens is 420 g/mol. The maximum Gasteiger partial charge on any atom is 0.258 e. The van der Waals surface area contributed by atoms with Crippen molar-refractivity contribution in [2.75, 3.05) is 37.4 Å². The Kier molecular flexibility index (Phi) is 5.15. The van der Waals surface area contributed by atoms with Crippen molar-refractivity contribution < 1.29 is 4.79 Å². The summed E-state index contributed by atoms with van der Waals surface area (Å²) in [5.41, 5.74) is 8.58. The van der Waals surface area contributed by atoms with E-state index < -0.39 is 0 Å². The van der Waals surface area contributed by atoms with E-state index in [1.165, 1.54) is 24.1 Å². The van der Waals surface area contributed by atoms with Crippen molar-refractivity contribution >= 4 is 34.7 Å². The lowest BCUT2D eigenvalue weighted by Crippen LogP contribution is -2.36. The molecule has 0 unspecified atom stereocenters. The van der Waals surface area contributed by atoms with Crippen LogP contribution >= 0.6 is 0 Å². The van der Waals surface area contributed by atoms with Gasteiger partial charge in [-0.2, -0.15) is 0 Å². The predicted molar refractivity (Wildman–Crippen MR) is 139 cm³/mol. The van der Waals surface area contributed by atoms with Gasteiger partial charge in [0, 0.05) is 42.1 Å². The minimum absolute atomic E-state index is 0.0618. The van der Waals surface area contributed by atoms with Crippen LogP contribution in [-0.4, -0.2) is 48.9 Å². The van der Waals surface area contributed by atoms with Crippen molar-refractivity contribution in [3.63, 3.8) is 0 Å². The lowest BCUT2D eigenvalue weighted by atomic mass is 10.0. The number of piperidine rings is 1. The topological polar surface area (TPSA) is 38.8 Å². The Morgan fingerprint density at radius 3 is 2.53 bits per heavy atom. The quantitative estimate of drug-likeness (QED) is 0.575. The van der Waals surface area contributed by atoms with Gasteiger partial charge in [-0.1, -0.05) is 36.4 Å². The second-order valence-electron chi connectivity index (χ2n) is 9.66. The average Bonchev–Trinajstić information content (AvgIpc) is 3.01. The van der Waals surface area contributed by atoms with Crippen LogP contribution in [0.25, 0.3) is 11.8 Å². The highest BCUT2D eigenvalue weighted by Crippen LogP contribution is 2.46. The molecule has 0 spiro atoms. The molecule has 3 aromatic rings. The van der Waals surface area contributed by atoms with Crippen LogP contribution in [0.5, 0.6) is 0 Å². The molecule has 1 amide bonds. The first-order valence-corrected chi connectivity index (χ1v) is 12.1. The first kappa shape index (κ1) is 21.0. The molecule has 0 aliphatic carbocycles. The molecule has 0 radical (unpaired) electrons. The van der Waals surface area contributed by atoms with Gasteiger partial charge in [-0.25, -0.2) is 0 Å². The van der Waals surface area contributed by atoms with Crippen LogP contribution in [0.3, 0.4) is 0 Å². The number of fused-ring (bicyclic) bond motifs is 1. The number of para-hydroxylation sites is 1. The second kappa shape index (κ2) is 8.33. The molecule has 0 aromatic heterocycles. The van der Waals surface area contributed by atoms with Crippen LogP contribution in [0.4, 0.5) is 17.1 Å². The molecular formula is C29H30N4O. The van der Waals surface area contributed by atoms with E-state index in [0.717, 1.165) is 53.4 Å². The number of rotatable bonds is 4. The molecule has 6 rings (SSSR count). The molecule has 3 aliphatic rings. The van der Waals surface area contributed by atoms with Crippen molar-refractivity contribution in [1.29, 1.82) is 0 Å². The van der Waals surface area contributed by atoms with Crippen LogP contribution in [0.15, 0.2) is 66.7 Å². The summed E-state index contributed by atoms with van der Waals surface area (Å²) < 4.78 is 0. The van der Waals surface area contributed by atoms with Crippen LogP contribution in [0.2, 0.25) is 0 Å². The first-order valence-electron chi connectivity index (χ1n) is 12.1. The lowest BCUT2D eigenvalue weighted by molar-refractivity contribution is 0.0875. The van der Waals surface area contributed by atoms with Gasteiger partial charge in [0.1, 0.15) is 0 Å². The zero-order valence-electron chi connectivity index (χ0n) is 19.8. The summed E-state index contributed by atoms with van der Waals surface area (Å²) in [6.07, 6.45) is 4.50. The van der Waals surface area contributed by atoms with Crippen molar-refractivity contribution in [3.05, 3.63) is 89.0 Å². The van der Waals surface area contributed by atoms with Crippen molar-refractivity contribution in [2.45, 2.75) is 25.4 Å². The van der Waals surface area contributed by atoms with Gasteiger partial charge >= 0.3 is 0 Å². The SMILES string of the molecule is CN1CCC(Nc2cccc(CN3c4ccccc4C=C4c5c(cccc53)C(=O)N4C)c2)CC1. The number of likely N-dealkylation sites (tertiary alicyclic amines) is 1. The Balaban J connectivity index is 1.37.